The highest BCUT2D eigenvalue weighted by Crippen LogP contribution is 2.20. The first kappa shape index (κ1) is 18.6. The Morgan fingerprint density at radius 1 is 1.12 bits per heavy atom. The molecule has 0 amide bonds. The number of aromatic nitrogens is 1. The Morgan fingerprint density at radius 3 is 2.56 bits per heavy atom. The van der Waals surface area contributed by atoms with Crippen LogP contribution >= 0.6 is 0 Å². The number of morpholine rings is 1. The summed E-state index contributed by atoms with van der Waals surface area (Å²) in [6, 6.07) is 1.55. The van der Waals surface area contributed by atoms with Crippen molar-refractivity contribution in [2.75, 3.05) is 57.8 Å². The van der Waals surface area contributed by atoms with Crippen LogP contribution in [-0.2, 0) is 4.74 Å². The zero-order valence-corrected chi connectivity index (χ0v) is 15.6. The van der Waals surface area contributed by atoms with Crippen LogP contribution in [0.25, 0.3) is 0 Å². The van der Waals surface area contributed by atoms with Crippen LogP contribution in [0.15, 0.2) is 17.0 Å². The van der Waals surface area contributed by atoms with Crippen LogP contribution in [0.3, 0.4) is 0 Å². The predicted molar refractivity (Wildman–Crippen MR) is 98.9 cm³/mol. The fraction of sp³-hybridized carbons (Fsp3) is 0.833. The highest BCUT2D eigenvalue weighted by Gasteiger charge is 2.30. The van der Waals surface area contributed by atoms with Gasteiger partial charge in [-0.2, -0.15) is 0 Å². The quantitative estimate of drug-likeness (QED) is 0.731. The van der Waals surface area contributed by atoms with Crippen LogP contribution in [0, 0.1) is 0 Å². The summed E-state index contributed by atoms with van der Waals surface area (Å²) < 4.78 is 10.4. The number of piperazine rings is 1. The molecule has 3 heterocycles. The van der Waals surface area contributed by atoms with Crippen molar-refractivity contribution in [2.24, 2.45) is 0 Å². The summed E-state index contributed by atoms with van der Waals surface area (Å²) in [4.78, 5) is 5.29. The first-order valence-electron chi connectivity index (χ1n) is 9.66. The van der Waals surface area contributed by atoms with Gasteiger partial charge in [-0.25, -0.2) is 0 Å². The number of nitrogens with zero attached hydrogens (tertiary/aromatic N) is 3. The molecule has 0 saturated carbocycles. The molecule has 25 heavy (non-hydrogen) atoms. The molecule has 1 aromatic rings. The molecule has 2 fully saturated rings. The second-order valence-electron chi connectivity index (χ2n) is 7.28. The van der Waals surface area contributed by atoms with Crippen LogP contribution < -0.4 is 10.6 Å². The van der Waals surface area contributed by atoms with E-state index in [2.05, 4.69) is 39.4 Å². The van der Waals surface area contributed by atoms with Crippen LogP contribution in [-0.4, -0.2) is 85.6 Å². The molecule has 2 saturated heterocycles. The lowest BCUT2D eigenvalue weighted by atomic mass is 9.97. The summed E-state index contributed by atoms with van der Waals surface area (Å²) >= 11 is 0. The Labute approximate surface area is 151 Å². The maximum Gasteiger partial charge on any atom is 0.146 e. The van der Waals surface area contributed by atoms with Gasteiger partial charge in [-0.3, -0.25) is 9.80 Å². The molecule has 7 heteroatoms. The molecule has 3 unspecified atom stereocenters. The average molecular weight is 351 g/mol. The molecule has 0 spiro atoms. The van der Waals surface area contributed by atoms with Crippen LogP contribution in [0.1, 0.15) is 26.7 Å². The third kappa shape index (κ3) is 5.41. The number of anilines is 1. The van der Waals surface area contributed by atoms with E-state index in [0.29, 0.717) is 18.1 Å². The average Bonchev–Trinajstić information content (AvgIpc) is 3.16. The minimum absolute atomic E-state index is 0.404. The third-order valence-corrected chi connectivity index (χ3v) is 5.54. The van der Waals surface area contributed by atoms with Gasteiger partial charge in [0.05, 0.1) is 25.1 Å². The van der Waals surface area contributed by atoms with E-state index in [0.717, 1.165) is 64.6 Å². The van der Waals surface area contributed by atoms with Gasteiger partial charge in [0.1, 0.15) is 6.26 Å². The third-order valence-electron chi connectivity index (χ3n) is 5.54. The van der Waals surface area contributed by atoms with Gasteiger partial charge in [-0.05, 0) is 26.7 Å². The SMILES string of the molecule is CC(CCC(C(C)N1CCOCC1)N1CCNCC1)Nc1cnoc1. The lowest BCUT2D eigenvalue weighted by molar-refractivity contribution is -0.00814. The molecule has 2 aliphatic rings. The molecule has 7 nitrogen and oxygen atoms in total. The zero-order valence-electron chi connectivity index (χ0n) is 15.6. The second kappa shape index (κ2) is 9.52. The lowest BCUT2D eigenvalue weighted by Crippen LogP contribution is -2.57. The molecule has 3 rings (SSSR count). The summed E-state index contributed by atoms with van der Waals surface area (Å²) in [5.74, 6) is 0. The van der Waals surface area contributed by atoms with Crippen molar-refractivity contribution < 1.29 is 9.26 Å². The van der Waals surface area contributed by atoms with Gasteiger partial charge >= 0.3 is 0 Å². The molecule has 1 aromatic heterocycles. The minimum Gasteiger partial charge on any atom is -0.379 e. The van der Waals surface area contributed by atoms with E-state index in [1.165, 1.54) is 6.42 Å². The van der Waals surface area contributed by atoms with Crippen molar-refractivity contribution in [2.45, 2.75) is 44.8 Å². The van der Waals surface area contributed by atoms with E-state index in [-0.39, 0.29) is 0 Å². The normalized spacial score (nSPS) is 23.9. The largest absolute Gasteiger partial charge is 0.379 e. The second-order valence-corrected chi connectivity index (χ2v) is 7.28. The minimum atomic E-state index is 0.404. The summed E-state index contributed by atoms with van der Waals surface area (Å²) in [5, 5.41) is 10.7. The maximum atomic E-state index is 5.54. The molecular weight excluding hydrogens is 318 g/mol. The molecule has 3 atom stereocenters. The van der Waals surface area contributed by atoms with E-state index >= 15 is 0 Å². The first-order chi connectivity index (χ1) is 12.2. The van der Waals surface area contributed by atoms with Crippen LogP contribution in [0.5, 0.6) is 0 Å². The van der Waals surface area contributed by atoms with Gasteiger partial charge < -0.3 is 19.9 Å². The maximum absolute atomic E-state index is 5.54. The van der Waals surface area contributed by atoms with E-state index < -0.39 is 0 Å². The molecule has 0 bridgehead atoms. The summed E-state index contributed by atoms with van der Waals surface area (Å²) in [6.07, 6.45) is 5.73. The van der Waals surface area contributed by atoms with Gasteiger partial charge in [0.25, 0.3) is 0 Å². The molecule has 142 valence electrons. The topological polar surface area (TPSA) is 65.8 Å². The molecule has 0 radical (unpaired) electrons. The van der Waals surface area contributed by atoms with Crippen molar-refractivity contribution in [1.29, 1.82) is 0 Å². The fourth-order valence-electron chi connectivity index (χ4n) is 4.02. The van der Waals surface area contributed by atoms with E-state index in [1.807, 2.05) is 0 Å². The van der Waals surface area contributed by atoms with Crippen LogP contribution in [0.4, 0.5) is 5.69 Å². The smallest absolute Gasteiger partial charge is 0.146 e. The fourth-order valence-corrected chi connectivity index (χ4v) is 4.02. The monoisotopic (exact) mass is 351 g/mol. The number of rotatable bonds is 8. The number of hydrogen-bond donors (Lipinski definition) is 2. The highest BCUT2D eigenvalue weighted by atomic mass is 16.5. The Morgan fingerprint density at radius 2 is 1.88 bits per heavy atom. The first-order valence-corrected chi connectivity index (χ1v) is 9.66. The molecule has 2 aliphatic heterocycles. The van der Waals surface area contributed by atoms with Gasteiger partial charge in [-0.15, -0.1) is 0 Å². The van der Waals surface area contributed by atoms with Gasteiger partial charge in [0.15, 0.2) is 0 Å². The van der Waals surface area contributed by atoms with E-state index in [4.69, 9.17) is 9.26 Å². The zero-order chi connectivity index (χ0) is 17.5. The summed E-state index contributed by atoms with van der Waals surface area (Å²) in [5.41, 5.74) is 0.965. The van der Waals surface area contributed by atoms with Crippen LogP contribution in [0.2, 0.25) is 0 Å². The van der Waals surface area contributed by atoms with Gasteiger partial charge in [0, 0.05) is 57.4 Å². The van der Waals surface area contributed by atoms with Crippen molar-refractivity contribution in [3.05, 3.63) is 12.5 Å². The van der Waals surface area contributed by atoms with E-state index in [1.54, 1.807) is 12.5 Å². The number of ether oxygens (including phenoxy) is 1. The number of nitrogens with one attached hydrogen (secondary N) is 2. The molecular formula is C18H33N5O2. The Balaban J connectivity index is 1.56. The summed E-state index contributed by atoms with van der Waals surface area (Å²) in [6.45, 7) is 13.0. The standard InChI is InChI=1S/C18H33N5O2/c1-15(21-17-13-20-25-14-17)3-4-18(23-7-5-19-6-8-23)16(2)22-9-11-24-12-10-22/h13-16,18-19,21H,3-12H2,1-2H3. The van der Waals surface area contributed by atoms with Crippen molar-refractivity contribution in [3.63, 3.8) is 0 Å². The molecule has 0 aromatic carbocycles. The van der Waals surface area contributed by atoms with Gasteiger partial charge in [0.2, 0.25) is 0 Å². The Hall–Kier alpha value is -1.15. The molecule has 2 N–H and O–H groups in total. The Bertz CT molecular complexity index is 472. The van der Waals surface area contributed by atoms with E-state index in [9.17, 15) is 0 Å². The van der Waals surface area contributed by atoms with Crippen molar-refractivity contribution in [3.8, 4) is 0 Å². The number of hydrogen-bond acceptors (Lipinski definition) is 7. The molecule has 0 aliphatic carbocycles. The summed E-state index contributed by atoms with van der Waals surface area (Å²) in [7, 11) is 0. The van der Waals surface area contributed by atoms with Crippen molar-refractivity contribution >= 4 is 5.69 Å². The van der Waals surface area contributed by atoms with Gasteiger partial charge in [-0.1, -0.05) is 5.16 Å². The van der Waals surface area contributed by atoms with Crippen molar-refractivity contribution in [1.82, 2.24) is 20.3 Å². The Kier molecular flexibility index (Phi) is 7.10. The predicted octanol–water partition coefficient (Wildman–Crippen LogP) is 1.25. The lowest BCUT2D eigenvalue weighted by Gasteiger charge is -2.44. The highest BCUT2D eigenvalue weighted by molar-refractivity contribution is 5.37.